The Morgan fingerprint density at radius 3 is 2.67 bits per heavy atom. The predicted octanol–water partition coefficient (Wildman–Crippen LogP) is 5.49. The van der Waals surface area contributed by atoms with E-state index in [2.05, 4.69) is 9.62 Å². The van der Waals surface area contributed by atoms with Crippen molar-refractivity contribution in [1.29, 1.82) is 0 Å². The largest absolute Gasteiger partial charge is 0.487 e. The van der Waals surface area contributed by atoms with E-state index in [-0.39, 0.29) is 17.4 Å². The third kappa shape index (κ3) is 6.34. The highest BCUT2D eigenvalue weighted by Gasteiger charge is 2.37. The molecule has 7 nitrogen and oxygen atoms in total. The maximum Gasteiger partial charge on any atom is 0.264 e. The summed E-state index contributed by atoms with van der Waals surface area (Å²) in [6.07, 6.45) is 8.39. The van der Waals surface area contributed by atoms with Crippen molar-refractivity contribution >= 4 is 33.2 Å². The number of rotatable bonds is 0. The molecule has 1 amide bonds. The number of sulfonamides is 1. The number of allylic oxidation sites excluding steroid dienone is 1. The second-order valence-corrected chi connectivity index (χ2v) is 14.1. The zero-order chi connectivity index (χ0) is 28.4. The van der Waals surface area contributed by atoms with Gasteiger partial charge in [-0.2, -0.15) is 0 Å². The van der Waals surface area contributed by atoms with Gasteiger partial charge < -0.3 is 14.7 Å². The van der Waals surface area contributed by atoms with Crippen LogP contribution >= 0.6 is 11.6 Å². The van der Waals surface area contributed by atoms with Gasteiger partial charge >= 0.3 is 0 Å². The van der Waals surface area contributed by atoms with E-state index in [1.807, 2.05) is 37.3 Å². The van der Waals surface area contributed by atoms with Crippen molar-refractivity contribution in [3.63, 3.8) is 0 Å². The molecular formula is C31H39ClN2O5S. The zero-order valence-electron chi connectivity index (χ0n) is 23.2. The van der Waals surface area contributed by atoms with Gasteiger partial charge in [0.2, 0.25) is 10.0 Å². The number of aliphatic hydroxyl groups excluding tert-OH is 1. The van der Waals surface area contributed by atoms with Crippen LogP contribution in [0.3, 0.4) is 0 Å². The fraction of sp³-hybridized carbons (Fsp3) is 0.516. The fourth-order valence-electron chi connectivity index (χ4n) is 5.99. The van der Waals surface area contributed by atoms with Crippen LogP contribution in [0, 0.1) is 17.8 Å². The van der Waals surface area contributed by atoms with Gasteiger partial charge in [-0.05, 0) is 105 Å². The topological polar surface area (TPSA) is 95.9 Å². The first-order chi connectivity index (χ1) is 19.1. The van der Waals surface area contributed by atoms with Gasteiger partial charge in [-0.25, -0.2) is 13.1 Å². The second-order valence-electron chi connectivity index (χ2n) is 11.6. The molecule has 0 saturated heterocycles. The molecule has 2 heterocycles. The van der Waals surface area contributed by atoms with E-state index in [1.54, 1.807) is 25.1 Å². The van der Waals surface area contributed by atoms with Crippen molar-refractivity contribution in [2.75, 3.05) is 18.0 Å². The Labute approximate surface area is 242 Å². The van der Waals surface area contributed by atoms with Crippen molar-refractivity contribution in [3.05, 3.63) is 70.3 Å². The lowest BCUT2D eigenvalue weighted by Crippen LogP contribution is -2.43. The number of nitrogens with zero attached hydrogens (tertiary/aromatic N) is 1. The molecule has 0 aromatic heterocycles. The third-order valence-electron chi connectivity index (χ3n) is 8.97. The number of amides is 1. The molecule has 2 aromatic carbocycles. The Bertz CT molecular complexity index is 1380. The Morgan fingerprint density at radius 1 is 1.07 bits per heavy atom. The monoisotopic (exact) mass is 586 g/mol. The number of ether oxygens (including phenoxy) is 1. The summed E-state index contributed by atoms with van der Waals surface area (Å²) in [6, 6.07) is 11.0. The molecule has 2 N–H and O–H groups in total. The molecule has 3 aliphatic rings. The molecule has 216 valence electrons. The van der Waals surface area contributed by atoms with Crippen LogP contribution in [0.15, 0.2) is 48.6 Å². The molecule has 2 aliphatic heterocycles. The summed E-state index contributed by atoms with van der Waals surface area (Å²) in [5.41, 5.74) is 3.29. The summed E-state index contributed by atoms with van der Waals surface area (Å²) in [7, 11) is -3.91. The molecule has 1 fully saturated rings. The first-order valence-electron chi connectivity index (χ1n) is 14.3. The summed E-state index contributed by atoms with van der Waals surface area (Å²) in [5.74, 6) is 0.210. The van der Waals surface area contributed by atoms with Crippen molar-refractivity contribution < 1.29 is 23.1 Å². The number of aryl methyl sites for hydroxylation is 1. The van der Waals surface area contributed by atoms with Crippen LogP contribution in [0.1, 0.15) is 67.4 Å². The lowest BCUT2D eigenvalue weighted by molar-refractivity contribution is 0.0461. The molecule has 5 atom stereocenters. The number of fused-ring (bicyclic) bond motifs is 3. The lowest BCUT2D eigenvalue weighted by Gasteiger charge is -2.42. The highest BCUT2D eigenvalue weighted by Crippen LogP contribution is 2.41. The third-order valence-corrected chi connectivity index (χ3v) is 11.1. The minimum atomic E-state index is -3.91. The first-order valence-corrected chi connectivity index (χ1v) is 16.2. The number of benzene rings is 2. The van der Waals surface area contributed by atoms with Gasteiger partial charge in [-0.15, -0.1) is 0 Å². The molecule has 5 rings (SSSR count). The zero-order valence-corrected chi connectivity index (χ0v) is 24.8. The Morgan fingerprint density at radius 2 is 1.90 bits per heavy atom. The van der Waals surface area contributed by atoms with Crippen LogP contribution in [-0.2, 0) is 23.1 Å². The molecule has 9 heteroatoms. The van der Waals surface area contributed by atoms with Crippen molar-refractivity contribution in [2.45, 2.75) is 70.3 Å². The number of nitrogens with one attached hydrogen (secondary N) is 1. The van der Waals surface area contributed by atoms with Crippen LogP contribution in [0.4, 0.5) is 5.69 Å². The first kappa shape index (κ1) is 29.0. The average molecular weight is 587 g/mol. The van der Waals surface area contributed by atoms with E-state index in [0.29, 0.717) is 29.7 Å². The lowest BCUT2D eigenvalue weighted by atomic mass is 9.70. The summed E-state index contributed by atoms with van der Waals surface area (Å²) in [4.78, 5) is 15.5. The summed E-state index contributed by atoms with van der Waals surface area (Å²) in [6.45, 7) is 5.30. The molecule has 1 saturated carbocycles. The SMILES string of the molecule is C[C@@H]1[C@@H](C)C/C=C/[C@H](O)[C@@H]2CC[C@H]2CN2CCCCc3cc(Cl)ccc3COc3ccc(cc32)C(=O)NS1(=O)=O. The quantitative estimate of drug-likeness (QED) is 0.396. The average Bonchev–Trinajstić information content (AvgIpc) is 2.92. The van der Waals surface area contributed by atoms with Crippen molar-refractivity contribution in [3.8, 4) is 5.75 Å². The molecule has 2 aromatic rings. The summed E-state index contributed by atoms with van der Waals surface area (Å²) < 4.78 is 34.8. The van der Waals surface area contributed by atoms with Gasteiger partial charge in [0.25, 0.3) is 5.91 Å². The van der Waals surface area contributed by atoms with Crippen LogP contribution in [0.25, 0.3) is 0 Å². The number of anilines is 1. The van der Waals surface area contributed by atoms with Gasteiger partial charge in [0.05, 0.1) is 17.0 Å². The van der Waals surface area contributed by atoms with Gasteiger partial charge in [-0.3, -0.25) is 4.79 Å². The van der Waals surface area contributed by atoms with E-state index >= 15 is 0 Å². The van der Waals surface area contributed by atoms with Gasteiger partial charge in [0.15, 0.2) is 0 Å². The highest BCUT2D eigenvalue weighted by molar-refractivity contribution is 7.90. The van der Waals surface area contributed by atoms with Crippen LogP contribution in [0.5, 0.6) is 5.75 Å². The van der Waals surface area contributed by atoms with Crippen molar-refractivity contribution in [1.82, 2.24) is 4.72 Å². The normalized spacial score (nSPS) is 29.9. The molecule has 2 bridgehead atoms. The summed E-state index contributed by atoms with van der Waals surface area (Å²) in [5, 5.41) is 10.9. The summed E-state index contributed by atoms with van der Waals surface area (Å²) >= 11 is 6.29. The number of carbonyl (C=O) groups excluding carboxylic acids is 1. The number of halogens is 1. The molecule has 0 spiro atoms. The Kier molecular flexibility index (Phi) is 8.78. The van der Waals surface area contributed by atoms with E-state index in [4.69, 9.17) is 16.3 Å². The smallest absolute Gasteiger partial charge is 0.264 e. The van der Waals surface area contributed by atoms with Gasteiger partial charge in [-0.1, -0.05) is 36.7 Å². The number of hydrogen-bond acceptors (Lipinski definition) is 6. The van der Waals surface area contributed by atoms with E-state index in [9.17, 15) is 18.3 Å². The minimum Gasteiger partial charge on any atom is -0.487 e. The second kappa shape index (κ2) is 12.1. The Hall–Kier alpha value is -2.55. The molecule has 1 aliphatic carbocycles. The van der Waals surface area contributed by atoms with E-state index in [0.717, 1.165) is 56.4 Å². The number of hydrogen-bond donors (Lipinski definition) is 2. The standard InChI is InChI=1S/C31H39ClN2O5S/c1-20-6-5-8-29(35)27-13-10-24(27)18-34-15-4-3-7-22-16-26(32)12-9-25(22)19-39-30-14-11-23(17-28(30)34)31(36)33-40(37,38)21(20)2/h5,8-9,11-12,14,16-17,20-21,24,27,29,35H,3-4,6-7,10,13,15,18-19H2,1-2H3,(H,33,36)/b8-5+/t20-,21+,24-,27+,29-/m0/s1. The highest BCUT2D eigenvalue weighted by atomic mass is 35.5. The number of carbonyl (C=O) groups is 1. The number of aliphatic hydroxyl groups is 1. The van der Waals surface area contributed by atoms with E-state index in [1.165, 1.54) is 5.56 Å². The van der Waals surface area contributed by atoms with Crippen LogP contribution in [0.2, 0.25) is 5.02 Å². The van der Waals surface area contributed by atoms with Crippen molar-refractivity contribution in [2.24, 2.45) is 17.8 Å². The van der Waals surface area contributed by atoms with E-state index < -0.39 is 27.3 Å². The van der Waals surface area contributed by atoms with Gasteiger partial charge in [0, 0.05) is 23.7 Å². The van der Waals surface area contributed by atoms with Crippen LogP contribution < -0.4 is 14.4 Å². The molecule has 0 radical (unpaired) electrons. The van der Waals surface area contributed by atoms with Gasteiger partial charge in [0.1, 0.15) is 12.4 Å². The fourth-order valence-corrected chi connectivity index (χ4v) is 7.47. The Balaban J connectivity index is 1.54. The minimum absolute atomic E-state index is 0.140. The van der Waals surface area contributed by atoms with Crippen LogP contribution in [-0.4, -0.2) is 43.9 Å². The maximum absolute atomic E-state index is 13.3. The predicted molar refractivity (Wildman–Crippen MR) is 158 cm³/mol. The maximum atomic E-state index is 13.3. The molecular weight excluding hydrogens is 548 g/mol. The molecule has 40 heavy (non-hydrogen) atoms. The molecule has 0 unspecified atom stereocenters.